The van der Waals surface area contributed by atoms with Crippen molar-refractivity contribution in [2.75, 3.05) is 7.11 Å². The van der Waals surface area contributed by atoms with Gasteiger partial charge < -0.3 is 15.2 Å². The van der Waals surface area contributed by atoms with Crippen LogP contribution in [-0.2, 0) is 9.53 Å². The Balaban J connectivity index is 2.54. The predicted molar refractivity (Wildman–Crippen MR) is 79.5 cm³/mol. The highest BCUT2D eigenvalue weighted by atomic mass is 16.5. The number of carbonyl (C=O) groups is 1. The Kier molecular flexibility index (Phi) is 6.52. The summed E-state index contributed by atoms with van der Waals surface area (Å²) in [5.74, 6) is 0.855. The molecule has 4 heteroatoms. The predicted octanol–water partition coefficient (Wildman–Crippen LogP) is 3.06. The molecule has 0 aliphatic heterocycles. The lowest BCUT2D eigenvalue weighted by atomic mass is 9.94. The third-order valence-corrected chi connectivity index (χ3v) is 3.08. The molecular weight excluding hydrogens is 254 g/mol. The lowest BCUT2D eigenvalue weighted by molar-refractivity contribution is -0.141. The third kappa shape index (κ3) is 5.61. The lowest BCUT2D eigenvalue weighted by Gasteiger charge is -2.17. The van der Waals surface area contributed by atoms with Gasteiger partial charge in [0, 0.05) is 12.5 Å². The fraction of sp³-hybridized carbons (Fsp3) is 0.562. The van der Waals surface area contributed by atoms with Gasteiger partial charge >= 0.3 is 5.97 Å². The van der Waals surface area contributed by atoms with E-state index in [-0.39, 0.29) is 24.0 Å². The van der Waals surface area contributed by atoms with Crippen LogP contribution in [0.15, 0.2) is 24.3 Å². The van der Waals surface area contributed by atoms with Gasteiger partial charge in [0.25, 0.3) is 0 Å². The van der Waals surface area contributed by atoms with E-state index in [1.54, 1.807) is 0 Å². The highest BCUT2D eigenvalue weighted by Gasteiger charge is 2.15. The second kappa shape index (κ2) is 7.90. The molecule has 0 aromatic heterocycles. The van der Waals surface area contributed by atoms with Crippen molar-refractivity contribution in [1.82, 2.24) is 0 Å². The number of methoxy groups -OCH3 is 1. The fourth-order valence-electron chi connectivity index (χ4n) is 2.09. The summed E-state index contributed by atoms with van der Waals surface area (Å²) in [5, 5.41) is 0. The van der Waals surface area contributed by atoms with Crippen LogP contribution < -0.4 is 10.5 Å². The third-order valence-electron chi connectivity index (χ3n) is 3.08. The molecule has 0 heterocycles. The largest absolute Gasteiger partial charge is 0.491 e. The van der Waals surface area contributed by atoms with Gasteiger partial charge in [-0.25, -0.2) is 0 Å². The normalized spacial score (nSPS) is 13.9. The first-order chi connectivity index (χ1) is 9.42. The monoisotopic (exact) mass is 279 g/mol. The first-order valence-electron chi connectivity index (χ1n) is 7.01. The molecule has 0 bridgehead atoms. The van der Waals surface area contributed by atoms with E-state index < -0.39 is 0 Å². The van der Waals surface area contributed by atoms with Gasteiger partial charge in [-0.3, -0.25) is 4.79 Å². The molecule has 2 N–H and O–H groups in total. The smallest absolute Gasteiger partial charge is 0.305 e. The van der Waals surface area contributed by atoms with Crippen molar-refractivity contribution in [2.24, 2.45) is 11.7 Å². The average molecular weight is 279 g/mol. The zero-order chi connectivity index (χ0) is 15.1. The Labute approximate surface area is 121 Å². The number of hydrogen-bond acceptors (Lipinski definition) is 4. The van der Waals surface area contributed by atoms with Crippen molar-refractivity contribution in [3.8, 4) is 5.75 Å². The molecular formula is C16H25NO3. The van der Waals surface area contributed by atoms with Crippen molar-refractivity contribution in [3.63, 3.8) is 0 Å². The maximum Gasteiger partial charge on any atom is 0.305 e. The van der Waals surface area contributed by atoms with E-state index in [9.17, 15) is 4.79 Å². The molecule has 0 aliphatic carbocycles. The van der Waals surface area contributed by atoms with Gasteiger partial charge in [0.15, 0.2) is 0 Å². The first kappa shape index (κ1) is 16.5. The van der Waals surface area contributed by atoms with Crippen molar-refractivity contribution in [1.29, 1.82) is 0 Å². The number of hydrogen-bond donors (Lipinski definition) is 1. The molecule has 0 fully saturated rings. The van der Waals surface area contributed by atoms with Crippen LogP contribution in [0.1, 0.15) is 45.2 Å². The second-order valence-corrected chi connectivity index (χ2v) is 5.46. The van der Waals surface area contributed by atoms with Crippen LogP contribution in [0, 0.1) is 5.92 Å². The number of esters is 1. The summed E-state index contributed by atoms with van der Waals surface area (Å²) in [7, 11) is 1.41. The molecule has 0 saturated carbocycles. The second-order valence-electron chi connectivity index (χ2n) is 5.46. The van der Waals surface area contributed by atoms with E-state index in [0.29, 0.717) is 6.42 Å². The molecule has 1 rings (SSSR count). The molecule has 112 valence electrons. The van der Waals surface area contributed by atoms with E-state index in [1.165, 1.54) is 7.11 Å². The Morgan fingerprint density at radius 1 is 1.20 bits per heavy atom. The Bertz CT molecular complexity index is 414. The summed E-state index contributed by atoms with van der Waals surface area (Å²) in [4.78, 5) is 11.2. The van der Waals surface area contributed by atoms with E-state index in [1.807, 2.05) is 45.0 Å². The molecule has 2 unspecified atom stereocenters. The van der Waals surface area contributed by atoms with Crippen LogP contribution in [-0.4, -0.2) is 19.2 Å². The molecule has 0 radical (unpaired) electrons. The fourth-order valence-corrected chi connectivity index (χ4v) is 2.09. The number of carbonyl (C=O) groups excluding carboxylic acids is 1. The summed E-state index contributed by atoms with van der Waals surface area (Å²) < 4.78 is 10.3. The zero-order valence-electron chi connectivity index (χ0n) is 12.8. The summed E-state index contributed by atoms with van der Waals surface area (Å²) >= 11 is 0. The molecule has 1 aromatic carbocycles. The SMILES string of the molecule is COC(=O)CC(C)CC(N)c1ccc(OC(C)C)cc1. The van der Waals surface area contributed by atoms with E-state index in [0.717, 1.165) is 17.7 Å². The van der Waals surface area contributed by atoms with Crippen molar-refractivity contribution >= 4 is 5.97 Å². The van der Waals surface area contributed by atoms with Gasteiger partial charge in [0.05, 0.1) is 13.2 Å². The van der Waals surface area contributed by atoms with Crippen molar-refractivity contribution < 1.29 is 14.3 Å². The van der Waals surface area contributed by atoms with Gasteiger partial charge in [-0.15, -0.1) is 0 Å². The maximum atomic E-state index is 11.2. The Hall–Kier alpha value is -1.55. The molecule has 0 aliphatic rings. The van der Waals surface area contributed by atoms with Gasteiger partial charge in [-0.05, 0) is 43.9 Å². The summed E-state index contributed by atoms with van der Waals surface area (Å²) in [6.45, 7) is 6.00. The quantitative estimate of drug-likeness (QED) is 0.779. The van der Waals surface area contributed by atoms with Crippen LogP contribution in [0.3, 0.4) is 0 Å². The highest BCUT2D eigenvalue weighted by molar-refractivity contribution is 5.69. The number of nitrogens with two attached hydrogens (primary N) is 1. The first-order valence-corrected chi connectivity index (χ1v) is 7.01. The minimum absolute atomic E-state index is 0.0808. The lowest BCUT2D eigenvalue weighted by Crippen LogP contribution is -2.16. The topological polar surface area (TPSA) is 61.5 Å². The molecule has 0 saturated heterocycles. The van der Waals surface area contributed by atoms with Gasteiger partial charge in [0.2, 0.25) is 0 Å². The number of benzene rings is 1. The minimum Gasteiger partial charge on any atom is -0.491 e. The van der Waals surface area contributed by atoms with Crippen LogP contribution in [0.25, 0.3) is 0 Å². The van der Waals surface area contributed by atoms with Crippen LogP contribution in [0.4, 0.5) is 0 Å². The van der Waals surface area contributed by atoms with Crippen LogP contribution in [0.5, 0.6) is 5.75 Å². The maximum absolute atomic E-state index is 11.2. The van der Waals surface area contributed by atoms with E-state index >= 15 is 0 Å². The molecule has 0 spiro atoms. The van der Waals surface area contributed by atoms with Crippen LogP contribution >= 0.6 is 0 Å². The molecule has 4 nitrogen and oxygen atoms in total. The standard InChI is InChI=1S/C16H25NO3/c1-11(2)20-14-7-5-13(6-8-14)15(17)9-12(3)10-16(18)19-4/h5-8,11-12,15H,9-10,17H2,1-4H3. The molecule has 0 amide bonds. The average Bonchev–Trinajstić information content (AvgIpc) is 2.38. The highest BCUT2D eigenvalue weighted by Crippen LogP contribution is 2.23. The van der Waals surface area contributed by atoms with Crippen molar-refractivity contribution in [2.45, 2.75) is 45.8 Å². The summed E-state index contributed by atoms with van der Waals surface area (Å²) in [6, 6.07) is 7.74. The summed E-state index contributed by atoms with van der Waals surface area (Å²) in [5.41, 5.74) is 7.23. The molecule has 1 aromatic rings. The Morgan fingerprint density at radius 3 is 2.30 bits per heavy atom. The van der Waals surface area contributed by atoms with Crippen LogP contribution in [0.2, 0.25) is 0 Å². The van der Waals surface area contributed by atoms with Gasteiger partial charge in [-0.2, -0.15) is 0 Å². The zero-order valence-corrected chi connectivity index (χ0v) is 12.8. The number of ether oxygens (including phenoxy) is 2. The molecule has 20 heavy (non-hydrogen) atoms. The number of rotatable bonds is 7. The minimum atomic E-state index is -0.189. The van der Waals surface area contributed by atoms with Gasteiger partial charge in [0.1, 0.15) is 5.75 Å². The van der Waals surface area contributed by atoms with Gasteiger partial charge in [-0.1, -0.05) is 19.1 Å². The van der Waals surface area contributed by atoms with Crippen molar-refractivity contribution in [3.05, 3.63) is 29.8 Å². The van der Waals surface area contributed by atoms with E-state index in [4.69, 9.17) is 10.5 Å². The van der Waals surface area contributed by atoms with E-state index in [2.05, 4.69) is 4.74 Å². The molecule has 2 atom stereocenters. The Morgan fingerprint density at radius 2 is 1.80 bits per heavy atom. The summed E-state index contributed by atoms with van der Waals surface area (Å²) in [6.07, 6.45) is 1.31.